The summed E-state index contributed by atoms with van der Waals surface area (Å²) < 4.78 is 1.88. The van der Waals surface area contributed by atoms with Crippen molar-refractivity contribution in [2.75, 3.05) is 5.73 Å². The summed E-state index contributed by atoms with van der Waals surface area (Å²) in [6.45, 7) is 0. The van der Waals surface area contributed by atoms with Gasteiger partial charge in [0.25, 0.3) is 0 Å². The largest absolute Gasteiger partial charge is 0.368 e. The highest BCUT2D eigenvalue weighted by atomic mass is 15.1. The van der Waals surface area contributed by atoms with Gasteiger partial charge in [0.1, 0.15) is 0 Å². The van der Waals surface area contributed by atoms with E-state index in [4.69, 9.17) is 5.73 Å². The van der Waals surface area contributed by atoms with E-state index in [0.29, 0.717) is 0 Å². The van der Waals surface area contributed by atoms with Crippen LogP contribution in [0.5, 0.6) is 0 Å². The van der Waals surface area contributed by atoms with Crippen LogP contribution in [0.2, 0.25) is 0 Å². The highest BCUT2D eigenvalue weighted by molar-refractivity contribution is 5.54. The molecule has 2 rings (SSSR count). The van der Waals surface area contributed by atoms with E-state index >= 15 is 0 Å². The molecule has 0 amide bonds. The van der Waals surface area contributed by atoms with Gasteiger partial charge < -0.3 is 10.3 Å². The van der Waals surface area contributed by atoms with E-state index in [0.717, 1.165) is 11.4 Å². The third-order valence-electron chi connectivity index (χ3n) is 1.75. The predicted molar refractivity (Wildman–Crippen MR) is 48.6 cm³/mol. The van der Waals surface area contributed by atoms with Gasteiger partial charge in [0, 0.05) is 13.2 Å². The molecule has 0 fully saturated rings. The van der Waals surface area contributed by atoms with E-state index in [-0.39, 0.29) is 5.95 Å². The molecule has 13 heavy (non-hydrogen) atoms. The highest BCUT2D eigenvalue weighted by Gasteiger charge is 2.03. The Morgan fingerprint density at radius 2 is 2.31 bits per heavy atom. The first kappa shape index (κ1) is 7.72. The number of rotatable bonds is 1. The van der Waals surface area contributed by atoms with Crippen molar-refractivity contribution in [3.63, 3.8) is 0 Å². The minimum atomic E-state index is 0.277. The molecule has 66 valence electrons. The maximum atomic E-state index is 5.46. The lowest BCUT2D eigenvalue weighted by Crippen LogP contribution is -1.97. The third-order valence-corrected chi connectivity index (χ3v) is 1.75. The number of aromatic nitrogens is 4. The molecule has 2 aromatic rings. The average molecular weight is 175 g/mol. The zero-order chi connectivity index (χ0) is 9.26. The normalized spacial score (nSPS) is 10.2. The number of nitrogens with zero attached hydrogens (tertiary/aromatic N) is 4. The van der Waals surface area contributed by atoms with Crippen molar-refractivity contribution >= 4 is 5.95 Å². The van der Waals surface area contributed by atoms with E-state index < -0.39 is 0 Å². The van der Waals surface area contributed by atoms with Gasteiger partial charge >= 0.3 is 0 Å². The average Bonchev–Trinajstić information content (AvgIpc) is 2.51. The molecule has 0 aromatic carbocycles. The Kier molecular flexibility index (Phi) is 1.70. The summed E-state index contributed by atoms with van der Waals surface area (Å²) in [5, 5.41) is 0. The van der Waals surface area contributed by atoms with Crippen LogP contribution in [0.4, 0.5) is 5.95 Å². The SMILES string of the molecule is Cn1cncc1-c1ccnc(N)n1. The van der Waals surface area contributed by atoms with Gasteiger partial charge in [-0.2, -0.15) is 0 Å². The fourth-order valence-electron chi connectivity index (χ4n) is 1.12. The fraction of sp³-hybridized carbons (Fsp3) is 0.125. The molecule has 0 spiro atoms. The van der Waals surface area contributed by atoms with Crippen molar-refractivity contribution in [2.24, 2.45) is 7.05 Å². The monoisotopic (exact) mass is 175 g/mol. The zero-order valence-electron chi connectivity index (χ0n) is 7.18. The Labute approximate surface area is 75.3 Å². The summed E-state index contributed by atoms with van der Waals surface area (Å²) in [4.78, 5) is 11.9. The van der Waals surface area contributed by atoms with E-state index in [2.05, 4.69) is 15.0 Å². The Hall–Kier alpha value is -1.91. The number of hydrogen-bond acceptors (Lipinski definition) is 4. The molecular weight excluding hydrogens is 166 g/mol. The fourth-order valence-corrected chi connectivity index (χ4v) is 1.12. The van der Waals surface area contributed by atoms with Crippen LogP contribution in [0, 0.1) is 0 Å². The zero-order valence-corrected chi connectivity index (χ0v) is 7.18. The molecule has 0 radical (unpaired) electrons. The quantitative estimate of drug-likeness (QED) is 0.683. The Morgan fingerprint density at radius 3 is 2.92 bits per heavy atom. The van der Waals surface area contributed by atoms with Gasteiger partial charge in [0.05, 0.1) is 23.9 Å². The number of nitrogens with two attached hydrogens (primary N) is 1. The lowest BCUT2D eigenvalue weighted by molar-refractivity contribution is 0.915. The first-order valence-corrected chi connectivity index (χ1v) is 3.82. The standard InChI is InChI=1S/C8H9N5/c1-13-5-10-4-7(13)6-2-3-11-8(9)12-6/h2-5H,1H3,(H2,9,11,12). The Bertz CT molecular complexity index is 420. The lowest BCUT2D eigenvalue weighted by atomic mass is 10.3. The molecule has 0 bridgehead atoms. The van der Waals surface area contributed by atoms with Crippen LogP contribution in [0.15, 0.2) is 24.8 Å². The maximum absolute atomic E-state index is 5.46. The van der Waals surface area contributed by atoms with Crippen LogP contribution in [0.25, 0.3) is 11.4 Å². The van der Waals surface area contributed by atoms with Crippen molar-refractivity contribution in [3.8, 4) is 11.4 Å². The second kappa shape index (κ2) is 2.85. The first-order chi connectivity index (χ1) is 6.27. The molecular formula is C8H9N5. The summed E-state index contributed by atoms with van der Waals surface area (Å²) in [6.07, 6.45) is 5.08. The predicted octanol–water partition coefficient (Wildman–Crippen LogP) is 0.459. The molecule has 0 aliphatic rings. The molecule has 0 unspecified atom stereocenters. The van der Waals surface area contributed by atoms with Gasteiger partial charge in [0.2, 0.25) is 5.95 Å². The number of hydrogen-bond donors (Lipinski definition) is 1. The van der Waals surface area contributed by atoms with Crippen molar-refractivity contribution in [3.05, 3.63) is 24.8 Å². The van der Waals surface area contributed by atoms with Crippen molar-refractivity contribution in [1.82, 2.24) is 19.5 Å². The summed E-state index contributed by atoms with van der Waals surface area (Å²) in [5.74, 6) is 0.277. The van der Waals surface area contributed by atoms with Crippen LogP contribution in [-0.4, -0.2) is 19.5 Å². The number of nitrogen functional groups attached to an aromatic ring is 1. The van der Waals surface area contributed by atoms with Gasteiger partial charge in [-0.25, -0.2) is 15.0 Å². The molecule has 0 atom stereocenters. The molecule has 0 aliphatic carbocycles. The number of anilines is 1. The van der Waals surface area contributed by atoms with Crippen molar-refractivity contribution in [1.29, 1.82) is 0 Å². The summed E-state index contributed by atoms with van der Waals surface area (Å²) in [5.41, 5.74) is 7.17. The van der Waals surface area contributed by atoms with E-state index in [1.807, 2.05) is 11.6 Å². The summed E-state index contributed by atoms with van der Waals surface area (Å²) in [7, 11) is 1.90. The lowest BCUT2D eigenvalue weighted by Gasteiger charge is -2.00. The van der Waals surface area contributed by atoms with Gasteiger partial charge in [-0.05, 0) is 6.07 Å². The van der Waals surface area contributed by atoms with Gasteiger partial charge in [-0.3, -0.25) is 0 Å². The summed E-state index contributed by atoms with van der Waals surface area (Å²) in [6, 6.07) is 1.80. The van der Waals surface area contributed by atoms with Crippen LogP contribution >= 0.6 is 0 Å². The van der Waals surface area contributed by atoms with Crippen molar-refractivity contribution in [2.45, 2.75) is 0 Å². The number of imidazole rings is 1. The molecule has 2 N–H and O–H groups in total. The van der Waals surface area contributed by atoms with Gasteiger partial charge in [-0.1, -0.05) is 0 Å². The van der Waals surface area contributed by atoms with Crippen LogP contribution in [0.1, 0.15) is 0 Å². The third kappa shape index (κ3) is 1.35. The second-order valence-corrected chi connectivity index (χ2v) is 2.69. The smallest absolute Gasteiger partial charge is 0.220 e. The first-order valence-electron chi connectivity index (χ1n) is 3.82. The van der Waals surface area contributed by atoms with Gasteiger partial charge in [-0.15, -0.1) is 0 Å². The molecule has 2 aromatic heterocycles. The molecule has 5 nitrogen and oxygen atoms in total. The Balaban J connectivity index is 2.53. The van der Waals surface area contributed by atoms with E-state index in [1.165, 1.54) is 0 Å². The second-order valence-electron chi connectivity index (χ2n) is 2.69. The van der Waals surface area contributed by atoms with E-state index in [9.17, 15) is 0 Å². The molecule has 0 aliphatic heterocycles. The van der Waals surface area contributed by atoms with Crippen LogP contribution in [0.3, 0.4) is 0 Å². The topological polar surface area (TPSA) is 69.6 Å². The Morgan fingerprint density at radius 1 is 1.46 bits per heavy atom. The van der Waals surface area contributed by atoms with Crippen LogP contribution < -0.4 is 5.73 Å². The molecule has 0 saturated heterocycles. The van der Waals surface area contributed by atoms with Crippen molar-refractivity contribution < 1.29 is 0 Å². The summed E-state index contributed by atoms with van der Waals surface area (Å²) >= 11 is 0. The van der Waals surface area contributed by atoms with Gasteiger partial charge in [0.15, 0.2) is 0 Å². The maximum Gasteiger partial charge on any atom is 0.220 e. The number of aryl methyl sites for hydroxylation is 1. The van der Waals surface area contributed by atoms with Crippen LogP contribution in [-0.2, 0) is 7.05 Å². The molecule has 5 heteroatoms. The molecule has 0 saturated carbocycles. The highest BCUT2D eigenvalue weighted by Crippen LogP contribution is 2.14. The minimum Gasteiger partial charge on any atom is -0.368 e. The molecule has 2 heterocycles. The minimum absolute atomic E-state index is 0.277. The van der Waals surface area contributed by atoms with E-state index in [1.54, 1.807) is 24.8 Å².